The summed E-state index contributed by atoms with van der Waals surface area (Å²) in [6, 6.07) is 22.0. The molecule has 0 aliphatic rings. The molecule has 0 aliphatic heterocycles. The van der Waals surface area contributed by atoms with Crippen molar-refractivity contribution in [3.63, 3.8) is 0 Å². The smallest absolute Gasteiger partial charge is 0.242 e. The largest absolute Gasteiger partial charge is 0.399 e. The number of nitrogen functional groups attached to an aromatic ring is 1. The van der Waals surface area contributed by atoms with Crippen molar-refractivity contribution in [2.24, 2.45) is 0 Å². The lowest BCUT2D eigenvalue weighted by Gasteiger charge is -2.17. The number of amides is 1. The van der Waals surface area contributed by atoms with E-state index >= 15 is 0 Å². The zero-order valence-electron chi connectivity index (χ0n) is 13.7. The third-order valence-electron chi connectivity index (χ3n) is 3.58. The lowest BCUT2D eigenvalue weighted by atomic mass is 10.1. The van der Waals surface area contributed by atoms with Gasteiger partial charge in [0, 0.05) is 26.3 Å². The quantitative estimate of drug-likeness (QED) is 0.403. The Kier molecular flexibility index (Phi) is 6.09. The second-order valence-corrected chi connectivity index (χ2v) is 7.68. The van der Waals surface area contributed by atoms with Gasteiger partial charge in [-0.15, -0.1) is 11.8 Å². The maximum absolute atomic E-state index is 13.0. The average Bonchev–Trinajstić information content (AvgIpc) is 2.59. The molecule has 0 aromatic heterocycles. The molecule has 0 heterocycles. The highest BCUT2D eigenvalue weighted by Gasteiger charge is 2.22. The van der Waals surface area contributed by atoms with Gasteiger partial charge in [0.15, 0.2) is 0 Å². The molecule has 0 fully saturated rings. The van der Waals surface area contributed by atoms with Crippen LogP contribution in [-0.2, 0) is 4.79 Å². The Bertz CT molecular complexity index is 898. The van der Waals surface area contributed by atoms with Crippen LogP contribution in [-0.4, -0.2) is 5.91 Å². The molecule has 26 heavy (non-hydrogen) atoms. The highest BCUT2D eigenvalue weighted by molar-refractivity contribution is 8.00. The van der Waals surface area contributed by atoms with Crippen molar-refractivity contribution in [3.8, 4) is 0 Å². The monoisotopic (exact) mass is 402 g/mol. The summed E-state index contributed by atoms with van der Waals surface area (Å²) in [5, 5.41) is 3.38. The van der Waals surface area contributed by atoms with Gasteiger partial charge in [-0.1, -0.05) is 59.6 Å². The first-order valence-corrected chi connectivity index (χ1v) is 9.49. The first-order chi connectivity index (χ1) is 12.5. The first kappa shape index (κ1) is 18.6. The van der Waals surface area contributed by atoms with Gasteiger partial charge in [0.25, 0.3) is 0 Å². The third kappa shape index (κ3) is 4.94. The lowest BCUT2D eigenvalue weighted by Crippen LogP contribution is -2.19. The Morgan fingerprint density at radius 1 is 0.923 bits per heavy atom. The summed E-state index contributed by atoms with van der Waals surface area (Å²) in [4.78, 5) is 13.9. The van der Waals surface area contributed by atoms with E-state index in [0.29, 0.717) is 21.4 Å². The Labute approximate surface area is 166 Å². The molecule has 132 valence electrons. The summed E-state index contributed by atoms with van der Waals surface area (Å²) in [6.07, 6.45) is 0. The van der Waals surface area contributed by atoms with Gasteiger partial charge in [-0.3, -0.25) is 4.79 Å². The summed E-state index contributed by atoms with van der Waals surface area (Å²) in [5.74, 6) is -0.165. The maximum atomic E-state index is 13.0. The fourth-order valence-corrected chi connectivity index (χ4v) is 4.08. The molecule has 0 saturated heterocycles. The Balaban J connectivity index is 1.88. The van der Waals surface area contributed by atoms with Crippen LogP contribution in [0.25, 0.3) is 0 Å². The van der Waals surface area contributed by atoms with E-state index in [-0.39, 0.29) is 5.91 Å². The van der Waals surface area contributed by atoms with Gasteiger partial charge in [-0.25, -0.2) is 0 Å². The zero-order valence-corrected chi connectivity index (χ0v) is 16.0. The number of thioether (sulfide) groups is 1. The van der Waals surface area contributed by atoms with E-state index in [2.05, 4.69) is 5.32 Å². The number of carbonyl (C=O) groups excluding carboxylic acids is 1. The van der Waals surface area contributed by atoms with Crippen molar-refractivity contribution in [1.82, 2.24) is 0 Å². The predicted octanol–water partition coefficient (Wildman–Crippen LogP) is 6.05. The van der Waals surface area contributed by atoms with Crippen LogP contribution in [0.2, 0.25) is 10.0 Å². The van der Waals surface area contributed by atoms with E-state index < -0.39 is 5.25 Å². The van der Waals surface area contributed by atoms with Gasteiger partial charge in [0.1, 0.15) is 5.25 Å². The fraction of sp³-hybridized carbons (Fsp3) is 0.0500. The van der Waals surface area contributed by atoms with Gasteiger partial charge < -0.3 is 11.1 Å². The number of nitrogens with one attached hydrogen (secondary N) is 1. The van der Waals surface area contributed by atoms with Crippen molar-refractivity contribution in [2.45, 2.75) is 10.1 Å². The molecule has 0 spiro atoms. The number of carbonyl (C=O) groups is 1. The van der Waals surface area contributed by atoms with E-state index in [4.69, 9.17) is 28.9 Å². The van der Waals surface area contributed by atoms with Crippen LogP contribution in [0.5, 0.6) is 0 Å². The highest BCUT2D eigenvalue weighted by atomic mass is 35.5. The number of rotatable bonds is 5. The molecule has 3 aromatic rings. The van der Waals surface area contributed by atoms with Gasteiger partial charge in [0.05, 0.1) is 0 Å². The first-order valence-electron chi connectivity index (χ1n) is 7.85. The van der Waals surface area contributed by atoms with Gasteiger partial charge in [0.2, 0.25) is 5.91 Å². The lowest BCUT2D eigenvalue weighted by molar-refractivity contribution is -0.115. The van der Waals surface area contributed by atoms with E-state index in [1.54, 1.807) is 18.2 Å². The molecule has 0 aliphatic carbocycles. The van der Waals surface area contributed by atoms with Crippen LogP contribution in [0.15, 0.2) is 77.7 Å². The van der Waals surface area contributed by atoms with Gasteiger partial charge in [-0.2, -0.15) is 0 Å². The van der Waals surface area contributed by atoms with E-state index in [0.717, 1.165) is 10.5 Å². The summed E-state index contributed by atoms with van der Waals surface area (Å²) in [5.41, 5.74) is 7.97. The van der Waals surface area contributed by atoms with Crippen LogP contribution in [0, 0.1) is 0 Å². The van der Waals surface area contributed by atoms with Crippen molar-refractivity contribution in [2.75, 3.05) is 11.1 Å². The molecule has 1 amide bonds. The molecule has 0 bridgehead atoms. The normalized spacial score (nSPS) is 11.8. The minimum atomic E-state index is -0.448. The standard InChI is InChI=1S/C20H16Cl2N2OS/c21-14-9-15(22)11-17(10-14)24-20(25)19(13-5-2-1-3-6-13)26-18-8-4-7-16(23)12-18/h1-12,19H,23H2,(H,24,25). The number of benzene rings is 3. The predicted molar refractivity (Wildman–Crippen MR) is 111 cm³/mol. The minimum absolute atomic E-state index is 0.165. The topological polar surface area (TPSA) is 55.1 Å². The zero-order chi connectivity index (χ0) is 18.5. The molecular formula is C20H16Cl2N2OS. The van der Waals surface area contributed by atoms with Crippen molar-refractivity contribution in [1.29, 1.82) is 0 Å². The minimum Gasteiger partial charge on any atom is -0.399 e. The SMILES string of the molecule is Nc1cccc(SC(C(=O)Nc2cc(Cl)cc(Cl)c2)c2ccccc2)c1. The van der Waals surface area contributed by atoms with Gasteiger partial charge in [-0.05, 0) is 42.0 Å². The number of anilines is 2. The molecule has 3 rings (SSSR count). The van der Waals surface area contributed by atoms with Crippen molar-refractivity contribution < 1.29 is 4.79 Å². The van der Waals surface area contributed by atoms with Crippen LogP contribution < -0.4 is 11.1 Å². The Morgan fingerprint density at radius 2 is 1.62 bits per heavy atom. The second-order valence-electron chi connectivity index (χ2n) is 5.63. The highest BCUT2D eigenvalue weighted by Crippen LogP contribution is 2.37. The molecule has 6 heteroatoms. The molecule has 3 nitrogen and oxygen atoms in total. The van der Waals surface area contributed by atoms with Crippen LogP contribution in [0.4, 0.5) is 11.4 Å². The van der Waals surface area contributed by atoms with Crippen LogP contribution in [0.1, 0.15) is 10.8 Å². The summed E-state index contributed by atoms with van der Waals surface area (Å²) in [6.45, 7) is 0. The molecular weight excluding hydrogens is 387 g/mol. The third-order valence-corrected chi connectivity index (χ3v) is 5.27. The van der Waals surface area contributed by atoms with Crippen molar-refractivity contribution >= 4 is 52.2 Å². The summed E-state index contributed by atoms with van der Waals surface area (Å²) < 4.78 is 0. The fourth-order valence-electron chi connectivity index (χ4n) is 2.46. The molecule has 1 atom stereocenters. The number of nitrogens with two attached hydrogens (primary N) is 1. The van der Waals surface area contributed by atoms with E-state index in [1.165, 1.54) is 11.8 Å². The molecule has 0 radical (unpaired) electrons. The van der Waals surface area contributed by atoms with Crippen molar-refractivity contribution in [3.05, 3.63) is 88.4 Å². The van der Waals surface area contributed by atoms with E-state index in [1.807, 2.05) is 54.6 Å². The molecule has 1 unspecified atom stereocenters. The van der Waals surface area contributed by atoms with Gasteiger partial charge >= 0.3 is 0 Å². The van der Waals surface area contributed by atoms with Crippen LogP contribution in [0.3, 0.4) is 0 Å². The van der Waals surface area contributed by atoms with Crippen LogP contribution >= 0.6 is 35.0 Å². The average molecular weight is 403 g/mol. The molecule has 3 aromatic carbocycles. The summed E-state index contributed by atoms with van der Waals surface area (Å²) in [7, 11) is 0. The Hall–Kier alpha value is -2.14. The van der Waals surface area contributed by atoms with E-state index in [9.17, 15) is 4.79 Å². The molecule has 0 saturated carbocycles. The summed E-state index contributed by atoms with van der Waals surface area (Å²) >= 11 is 13.5. The maximum Gasteiger partial charge on any atom is 0.242 e. The Morgan fingerprint density at radius 3 is 2.27 bits per heavy atom. The number of hydrogen-bond acceptors (Lipinski definition) is 3. The molecule has 3 N–H and O–H groups in total. The number of hydrogen-bond donors (Lipinski definition) is 2. The second kappa shape index (κ2) is 8.49. The number of halogens is 2.